The number of fused-ring (bicyclic) bond motifs is 1. The van der Waals surface area contributed by atoms with Crippen LogP contribution in [0.15, 0.2) is 0 Å². The molecule has 3 aliphatic rings. The molecule has 0 spiro atoms. The Labute approximate surface area is 99.0 Å². The van der Waals surface area contributed by atoms with Crippen LogP contribution in [0.3, 0.4) is 0 Å². The highest BCUT2D eigenvalue weighted by molar-refractivity contribution is 5.06. The smallest absolute Gasteiger partial charge is 0.0842 e. The van der Waals surface area contributed by atoms with Gasteiger partial charge in [-0.15, -0.1) is 0 Å². The molecule has 0 aromatic heterocycles. The van der Waals surface area contributed by atoms with E-state index in [0.29, 0.717) is 12.0 Å². The average molecular weight is 223 g/mol. The lowest BCUT2D eigenvalue weighted by Gasteiger charge is -2.41. The molecule has 4 unspecified atom stereocenters. The molecule has 1 saturated carbocycles. The Hall–Kier alpha value is -0.0800. The number of hydrogen-bond donors (Lipinski definition) is 1. The fraction of sp³-hybridized carbons (Fsp3) is 1.00. The van der Waals surface area contributed by atoms with Crippen molar-refractivity contribution < 1.29 is 5.11 Å². The molecule has 4 atom stereocenters. The van der Waals surface area contributed by atoms with E-state index in [4.69, 9.17) is 0 Å². The van der Waals surface area contributed by atoms with Crippen molar-refractivity contribution in [3.05, 3.63) is 0 Å². The van der Waals surface area contributed by atoms with E-state index in [1.807, 2.05) is 0 Å². The number of aliphatic hydroxyl groups is 1. The highest BCUT2D eigenvalue weighted by Gasteiger charge is 2.52. The van der Waals surface area contributed by atoms with Crippen molar-refractivity contribution in [2.45, 2.75) is 63.5 Å². The van der Waals surface area contributed by atoms with Gasteiger partial charge in [0.15, 0.2) is 0 Å². The lowest BCUT2D eigenvalue weighted by atomic mass is 9.70. The van der Waals surface area contributed by atoms with Gasteiger partial charge in [0.05, 0.1) is 5.60 Å². The fourth-order valence-corrected chi connectivity index (χ4v) is 4.51. The summed E-state index contributed by atoms with van der Waals surface area (Å²) < 4.78 is 0. The van der Waals surface area contributed by atoms with Crippen LogP contribution in [0.4, 0.5) is 0 Å². The van der Waals surface area contributed by atoms with E-state index in [-0.39, 0.29) is 5.60 Å². The molecule has 2 heteroatoms. The van der Waals surface area contributed by atoms with Gasteiger partial charge in [-0.3, -0.25) is 4.90 Å². The third kappa shape index (κ3) is 1.62. The van der Waals surface area contributed by atoms with E-state index in [0.717, 1.165) is 18.9 Å². The predicted molar refractivity (Wildman–Crippen MR) is 65.3 cm³/mol. The molecular formula is C14H25NO. The molecule has 2 saturated heterocycles. The van der Waals surface area contributed by atoms with Gasteiger partial charge in [0.25, 0.3) is 0 Å². The maximum atomic E-state index is 11.1. The molecular weight excluding hydrogens is 198 g/mol. The highest BCUT2D eigenvalue weighted by atomic mass is 16.3. The minimum absolute atomic E-state index is 0.328. The van der Waals surface area contributed by atoms with Crippen molar-refractivity contribution in [1.29, 1.82) is 0 Å². The lowest BCUT2D eigenvalue weighted by molar-refractivity contribution is -0.0585. The normalized spacial score (nSPS) is 49.5. The first-order valence-electron chi connectivity index (χ1n) is 7.16. The summed E-state index contributed by atoms with van der Waals surface area (Å²) in [5.74, 6) is 1.42. The van der Waals surface area contributed by atoms with E-state index < -0.39 is 0 Å². The quantitative estimate of drug-likeness (QED) is 0.738. The first kappa shape index (κ1) is 11.0. The summed E-state index contributed by atoms with van der Waals surface area (Å²) in [6, 6.07) is 0.503. The van der Waals surface area contributed by atoms with Gasteiger partial charge < -0.3 is 5.11 Å². The van der Waals surface area contributed by atoms with Crippen LogP contribution in [0, 0.1) is 11.8 Å². The fourth-order valence-electron chi connectivity index (χ4n) is 4.51. The van der Waals surface area contributed by atoms with E-state index >= 15 is 0 Å². The minimum atomic E-state index is -0.328. The summed E-state index contributed by atoms with van der Waals surface area (Å²) in [6.07, 6.45) is 8.82. The van der Waals surface area contributed by atoms with Gasteiger partial charge in [-0.05, 0) is 50.5 Å². The van der Waals surface area contributed by atoms with Crippen LogP contribution in [-0.4, -0.2) is 34.7 Å². The maximum absolute atomic E-state index is 11.1. The molecule has 3 fully saturated rings. The van der Waals surface area contributed by atoms with Crippen molar-refractivity contribution in [1.82, 2.24) is 4.90 Å². The molecule has 1 aliphatic carbocycles. The molecule has 2 aliphatic heterocycles. The number of nitrogens with zero attached hydrogens (tertiary/aromatic N) is 1. The van der Waals surface area contributed by atoms with Crippen molar-refractivity contribution in [3.8, 4) is 0 Å². The van der Waals surface area contributed by atoms with Crippen molar-refractivity contribution in [2.24, 2.45) is 11.8 Å². The van der Waals surface area contributed by atoms with E-state index in [1.54, 1.807) is 0 Å². The zero-order chi connectivity index (χ0) is 11.2. The summed E-state index contributed by atoms with van der Waals surface area (Å²) in [5.41, 5.74) is -0.328. The van der Waals surface area contributed by atoms with Gasteiger partial charge in [0, 0.05) is 12.6 Å². The van der Waals surface area contributed by atoms with Gasteiger partial charge >= 0.3 is 0 Å². The molecule has 2 heterocycles. The largest absolute Gasteiger partial charge is 0.388 e. The monoisotopic (exact) mass is 223 g/mol. The minimum Gasteiger partial charge on any atom is -0.388 e. The van der Waals surface area contributed by atoms with Crippen LogP contribution in [0.2, 0.25) is 0 Å². The molecule has 1 N–H and O–H groups in total. The molecule has 2 nitrogen and oxygen atoms in total. The molecule has 3 rings (SSSR count). The molecule has 0 bridgehead atoms. The van der Waals surface area contributed by atoms with Crippen LogP contribution in [0.1, 0.15) is 51.9 Å². The Morgan fingerprint density at radius 1 is 1.12 bits per heavy atom. The molecule has 92 valence electrons. The Morgan fingerprint density at radius 2 is 2.00 bits per heavy atom. The SMILES string of the molecule is CC1CCCC(C2(O)CCN3CCCC32)C1. The number of hydrogen-bond acceptors (Lipinski definition) is 2. The summed E-state index contributed by atoms with van der Waals surface area (Å²) >= 11 is 0. The van der Waals surface area contributed by atoms with E-state index in [2.05, 4.69) is 11.8 Å². The summed E-state index contributed by atoms with van der Waals surface area (Å²) in [7, 11) is 0. The van der Waals surface area contributed by atoms with Crippen LogP contribution in [0.25, 0.3) is 0 Å². The Bertz CT molecular complexity index is 267. The molecule has 0 amide bonds. The topological polar surface area (TPSA) is 23.5 Å². The Balaban J connectivity index is 1.76. The van der Waals surface area contributed by atoms with E-state index in [1.165, 1.54) is 45.1 Å². The van der Waals surface area contributed by atoms with Crippen LogP contribution >= 0.6 is 0 Å². The standard InChI is InChI=1S/C14H25NO/c1-11-4-2-5-12(10-11)14(16)7-9-15-8-3-6-13(14)15/h11-13,16H,2-10H2,1H3. The van der Waals surface area contributed by atoms with Crippen LogP contribution < -0.4 is 0 Å². The number of rotatable bonds is 1. The second-order valence-electron chi connectivity index (χ2n) is 6.40. The second kappa shape index (κ2) is 3.99. The molecule has 0 radical (unpaired) electrons. The highest BCUT2D eigenvalue weighted by Crippen LogP contribution is 2.46. The molecule has 0 aromatic carbocycles. The van der Waals surface area contributed by atoms with Crippen LogP contribution in [-0.2, 0) is 0 Å². The zero-order valence-corrected chi connectivity index (χ0v) is 10.5. The third-order valence-electron chi connectivity index (χ3n) is 5.38. The third-order valence-corrected chi connectivity index (χ3v) is 5.38. The van der Waals surface area contributed by atoms with Crippen molar-refractivity contribution in [3.63, 3.8) is 0 Å². The van der Waals surface area contributed by atoms with Gasteiger partial charge in [0.1, 0.15) is 0 Å². The summed E-state index contributed by atoms with van der Waals surface area (Å²) in [5, 5.41) is 11.1. The van der Waals surface area contributed by atoms with Gasteiger partial charge in [-0.2, -0.15) is 0 Å². The van der Waals surface area contributed by atoms with Crippen molar-refractivity contribution in [2.75, 3.05) is 13.1 Å². The van der Waals surface area contributed by atoms with Gasteiger partial charge in [-0.1, -0.05) is 19.8 Å². The molecule has 0 aromatic rings. The van der Waals surface area contributed by atoms with Crippen LogP contribution in [0.5, 0.6) is 0 Å². The zero-order valence-electron chi connectivity index (χ0n) is 10.5. The summed E-state index contributed by atoms with van der Waals surface area (Å²) in [6.45, 7) is 4.73. The summed E-state index contributed by atoms with van der Waals surface area (Å²) in [4.78, 5) is 2.54. The molecule has 16 heavy (non-hydrogen) atoms. The Kier molecular flexibility index (Phi) is 2.75. The first-order chi connectivity index (χ1) is 7.70. The first-order valence-corrected chi connectivity index (χ1v) is 7.16. The van der Waals surface area contributed by atoms with E-state index in [9.17, 15) is 5.11 Å². The van der Waals surface area contributed by atoms with Crippen molar-refractivity contribution >= 4 is 0 Å². The predicted octanol–water partition coefficient (Wildman–Crippen LogP) is 2.41. The maximum Gasteiger partial charge on any atom is 0.0842 e. The van der Waals surface area contributed by atoms with Gasteiger partial charge in [-0.25, -0.2) is 0 Å². The lowest BCUT2D eigenvalue weighted by Crippen LogP contribution is -2.48. The van der Waals surface area contributed by atoms with Gasteiger partial charge in [0.2, 0.25) is 0 Å². The Morgan fingerprint density at radius 3 is 2.81 bits per heavy atom. The average Bonchev–Trinajstić information content (AvgIpc) is 2.84. The second-order valence-corrected chi connectivity index (χ2v) is 6.40.